The molecule has 124 valence electrons. The van der Waals surface area contributed by atoms with E-state index < -0.39 is 34.6 Å². The van der Waals surface area contributed by atoms with Crippen LogP contribution in [0.15, 0.2) is 18.2 Å². The maximum absolute atomic E-state index is 13.8. The number of nitrogens with zero attached hydrogens (tertiary/aromatic N) is 2. The molecule has 0 unspecified atom stereocenters. The highest BCUT2D eigenvalue weighted by Gasteiger charge is 2.31. The summed E-state index contributed by atoms with van der Waals surface area (Å²) in [6.45, 7) is 2.15. The second-order valence-corrected chi connectivity index (χ2v) is 7.39. The SMILES string of the molecule is CC(C)N(CC(=O)O)S(=O)(=O)N(C)Cc1c(F)cccc1Cl. The predicted molar refractivity (Wildman–Crippen MR) is 81.3 cm³/mol. The summed E-state index contributed by atoms with van der Waals surface area (Å²) in [4.78, 5) is 10.8. The molecule has 0 aliphatic rings. The van der Waals surface area contributed by atoms with Gasteiger partial charge in [0.15, 0.2) is 0 Å². The minimum atomic E-state index is -4.07. The van der Waals surface area contributed by atoms with Gasteiger partial charge in [-0.3, -0.25) is 4.79 Å². The maximum Gasteiger partial charge on any atom is 0.318 e. The number of carbonyl (C=O) groups is 1. The number of carboxylic acids is 1. The Hall–Kier alpha value is -1.22. The number of hydrogen-bond acceptors (Lipinski definition) is 3. The summed E-state index contributed by atoms with van der Waals surface area (Å²) in [7, 11) is -2.82. The lowest BCUT2D eigenvalue weighted by molar-refractivity contribution is -0.137. The lowest BCUT2D eigenvalue weighted by Gasteiger charge is -2.29. The van der Waals surface area contributed by atoms with Gasteiger partial charge in [0.25, 0.3) is 10.2 Å². The van der Waals surface area contributed by atoms with Crippen LogP contribution in [0.1, 0.15) is 19.4 Å². The first kappa shape index (κ1) is 18.8. The molecule has 0 saturated heterocycles. The predicted octanol–water partition coefficient (Wildman–Crippen LogP) is 1.95. The number of hydrogen-bond donors (Lipinski definition) is 1. The van der Waals surface area contributed by atoms with Gasteiger partial charge < -0.3 is 5.11 Å². The van der Waals surface area contributed by atoms with Gasteiger partial charge in [0.05, 0.1) is 0 Å². The summed E-state index contributed by atoms with van der Waals surface area (Å²) < 4.78 is 40.4. The molecule has 0 bridgehead atoms. The third-order valence-corrected chi connectivity index (χ3v) is 5.41. The van der Waals surface area contributed by atoms with Crippen molar-refractivity contribution in [3.05, 3.63) is 34.6 Å². The van der Waals surface area contributed by atoms with Crippen molar-refractivity contribution in [1.29, 1.82) is 0 Å². The quantitative estimate of drug-likeness (QED) is 0.813. The largest absolute Gasteiger partial charge is 0.480 e. The normalized spacial score (nSPS) is 12.4. The molecule has 0 amide bonds. The Morgan fingerprint density at radius 3 is 2.45 bits per heavy atom. The molecule has 0 saturated carbocycles. The molecule has 0 heterocycles. The molecule has 1 aromatic rings. The van der Waals surface area contributed by atoms with E-state index in [1.165, 1.54) is 25.2 Å². The van der Waals surface area contributed by atoms with Crippen LogP contribution in [0.4, 0.5) is 4.39 Å². The molecule has 22 heavy (non-hydrogen) atoms. The molecular weight excluding hydrogens is 335 g/mol. The Morgan fingerprint density at radius 1 is 1.41 bits per heavy atom. The van der Waals surface area contributed by atoms with Gasteiger partial charge >= 0.3 is 5.97 Å². The molecular formula is C13H18ClFN2O4S. The molecule has 0 aliphatic carbocycles. The van der Waals surface area contributed by atoms with Gasteiger partial charge in [-0.15, -0.1) is 0 Å². The van der Waals surface area contributed by atoms with Crippen molar-refractivity contribution in [3.63, 3.8) is 0 Å². The van der Waals surface area contributed by atoms with Gasteiger partial charge in [0.2, 0.25) is 0 Å². The molecule has 0 atom stereocenters. The van der Waals surface area contributed by atoms with E-state index in [4.69, 9.17) is 16.7 Å². The maximum atomic E-state index is 13.8. The highest BCUT2D eigenvalue weighted by molar-refractivity contribution is 7.86. The van der Waals surface area contributed by atoms with Crippen molar-refractivity contribution in [2.45, 2.75) is 26.4 Å². The van der Waals surface area contributed by atoms with E-state index in [1.54, 1.807) is 13.8 Å². The van der Waals surface area contributed by atoms with Crippen LogP contribution in [0.3, 0.4) is 0 Å². The van der Waals surface area contributed by atoms with Gasteiger partial charge in [-0.05, 0) is 26.0 Å². The second kappa shape index (κ2) is 7.36. The lowest BCUT2D eigenvalue weighted by atomic mass is 10.2. The van der Waals surface area contributed by atoms with Crippen molar-refractivity contribution in [1.82, 2.24) is 8.61 Å². The zero-order chi connectivity index (χ0) is 17.1. The van der Waals surface area contributed by atoms with Gasteiger partial charge in [0.1, 0.15) is 12.4 Å². The van der Waals surface area contributed by atoms with Crippen molar-refractivity contribution in [2.75, 3.05) is 13.6 Å². The topological polar surface area (TPSA) is 77.9 Å². The van der Waals surface area contributed by atoms with Crippen LogP contribution in [0.25, 0.3) is 0 Å². The Labute approximate surface area is 134 Å². The smallest absolute Gasteiger partial charge is 0.318 e. The van der Waals surface area contributed by atoms with Crippen molar-refractivity contribution >= 4 is 27.8 Å². The van der Waals surface area contributed by atoms with E-state index in [2.05, 4.69) is 0 Å². The minimum Gasteiger partial charge on any atom is -0.480 e. The average molecular weight is 353 g/mol. The van der Waals surface area contributed by atoms with E-state index in [0.717, 1.165) is 8.61 Å². The average Bonchev–Trinajstić information content (AvgIpc) is 2.39. The Morgan fingerprint density at radius 2 is 2.00 bits per heavy atom. The van der Waals surface area contributed by atoms with E-state index in [1.807, 2.05) is 0 Å². The molecule has 1 aromatic carbocycles. The fourth-order valence-corrected chi connectivity index (χ4v) is 3.51. The molecule has 0 aliphatic heterocycles. The second-order valence-electron chi connectivity index (χ2n) is 5.00. The highest BCUT2D eigenvalue weighted by Crippen LogP contribution is 2.22. The molecule has 0 aromatic heterocycles. The third-order valence-electron chi connectivity index (χ3n) is 3.00. The first-order chi connectivity index (χ1) is 10.1. The zero-order valence-electron chi connectivity index (χ0n) is 12.5. The monoisotopic (exact) mass is 352 g/mol. The molecule has 0 spiro atoms. The van der Waals surface area contributed by atoms with E-state index in [-0.39, 0.29) is 17.1 Å². The number of benzene rings is 1. The minimum absolute atomic E-state index is 0.0364. The van der Waals surface area contributed by atoms with Crippen LogP contribution in [0.2, 0.25) is 5.02 Å². The summed E-state index contributed by atoms with van der Waals surface area (Å²) in [5.41, 5.74) is 0.0364. The van der Waals surface area contributed by atoms with Crippen LogP contribution in [0, 0.1) is 5.82 Å². The molecule has 1 N–H and O–H groups in total. The van der Waals surface area contributed by atoms with Gasteiger partial charge in [0, 0.05) is 30.2 Å². The van der Waals surface area contributed by atoms with Crippen LogP contribution < -0.4 is 0 Å². The Bertz CT molecular complexity index is 631. The summed E-state index contributed by atoms with van der Waals surface area (Å²) in [5.74, 6) is -1.89. The molecule has 1 rings (SSSR count). The Kier molecular flexibility index (Phi) is 6.30. The number of carboxylic acid groups (broad SMARTS) is 1. The van der Waals surface area contributed by atoms with E-state index in [0.29, 0.717) is 0 Å². The first-order valence-corrected chi connectivity index (χ1v) is 8.22. The van der Waals surface area contributed by atoms with Crippen molar-refractivity contribution in [3.8, 4) is 0 Å². The summed E-state index contributed by atoms with van der Waals surface area (Å²) in [6.07, 6.45) is 0. The van der Waals surface area contributed by atoms with Crippen LogP contribution in [-0.4, -0.2) is 47.7 Å². The highest BCUT2D eigenvalue weighted by atomic mass is 35.5. The lowest BCUT2D eigenvalue weighted by Crippen LogP contribution is -2.47. The van der Waals surface area contributed by atoms with E-state index in [9.17, 15) is 17.6 Å². The van der Waals surface area contributed by atoms with Gasteiger partial charge in [-0.1, -0.05) is 17.7 Å². The molecule has 6 nitrogen and oxygen atoms in total. The van der Waals surface area contributed by atoms with Crippen LogP contribution in [-0.2, 0) is 21.5 Å². The molecule has 0 fully saturated rings. The zero-order valence-corrected chi connectivity index (χ0v) is 14.0. The summed E-state index contributed by atoms with van der Waals surface area (Å²) in [6, 6.07) is 3.50. The van der Waals surface area contributed by atoms with Crippen LogP contribution in [0.5, 0.6) is 0 Å². The fourth-order valence-electron chi connectivity index (χ4n) is 1.83. The van der Waals surface area contributed by atoms with Crippen molar-refractivity contribution in [2.24, 2.45) is 0 Å². The molecule has 9 heteroatoms. The number of halogens is 2. The van der Waals surface area contributed by atoms with Crippen molar-refractivity contribution < 1.29 is 22.7 Å². The van der Waals surface area contributed by atoms with Gasteiger partial charge in [-0.2, -0.15) is 17.0 Å². The fraction of sp³-hybridized carbons (Fsp3) is 0.462. The standard InChI is InChI=1S/C13H18ClFN2O4S/c1-9(2)17(8-13(18)19)22(20,21)16(3)7-10-11(14)5-4-6-12(10)15/h4-6,9H,7-8H2,1-3H3,(H,18,19). The van der Waals surface area contributed by atoms with E-state index >= 15 is 0 Å². The van der Waals surface area contributed by atoms with Gasteiger partial charge in [-0.25, -0.2) is 4.39 Å². The first-order valence-electron chi connectivity index (χ1n) is 6.45. The summed E-state index contributed by atoms with van der Waals surface area (Å²) >= 11 is 5.88. The number of aliphatic carboxylic acids is 1. The molecule has 0 radical (unpaired) electrons. The summed E-state index contributed by atoms with van der Waals surface area (Å²) in [5, 5.41) is 8.96. The third kappa shape index (κ3) is 4.39. The number of rotatable bonds is 7. The Balaban J connectivity index is 3.08. The van der Waals surface area contributed by atoms with Crippen LogP contribution >= 0.6 is 11.6 Å².